The molecule has 2 aliphatic rings. The van der Waals surface area contributed by atoms with Crippen molar-refractivity contribution in [3.63, 3.8) is 0 Å². The van der Waals surface area contributed by atoms with Gasteiger partial charge in [0.15, 0.2) is 5.82 Å². The SMILES string of the molecule is COC[C@H]1CCCN1C(=O)c1ccc(CN2C(=O)Cc3cnc(-c4ccccc4C(C)C)nc32)cc1. The fraction of sp³-hybridized carbons (Fsp3) is 0.379. The highest BCUT2D eigenvalue weighted by Crippen LogP contribution is 2.32. The quantitative estimate of drug-likeness (QED) is 0.490. The van der Waals surface area contributed by atoms with Crippen LogP contribution in [0.4, 0.5) is 5.82 Å². The van der Waals surface area contributed by atoms with Crippen LogP contribution >= 0.6 is 0 Å². The molecule has 7 nitrogen and oxygen atoms in total. The molecule has 2 aliphatic heterocycles. The van der Waals surface area contributed by atoms with Crippen LogP contribution in [0, 0.1) is 0 Å². The Morgan fingerprint density at radius 2 is 1.92 bits per heavy atom. The fourth-order valence-electron chi connectivity index (χ4n) is 5.20. The Hall–Kier alpha value is -3.58. The normalized spacial score (nSPS) is 17.2. The summed E-state index contributed by atoms with van der Waals surface area (Å²) in [6, 6.07) is 15.8. The lowest BCUT2D eigenvalue weighted by atomic mass is 9.97. The van der Waals surface area contributed by atoms with Gasteiger partial charge in [-0.3, -0.25) is 14.5 Å². The van der Waals surface area contributed by atoms with Crippen molar-refractivity contribution in [2.24, 2.45) is 0 Å². The van der Waals surface area contributed by atoms with Crippen LogP contribution in [0.2, 0.25) is 0 Å². The number of hydrogen-bond acceptors (Lipinski definition) is 5. The lowest BCUT2D eigenvalue weighted by molar-refractivity contribution is -0.117. The summed E-state index contributed by atoms with van der Waals surface area (Å²) in [5.41, 5.74) is 4.62. The number of amides is 2. The molecule has 36 heavy (non-hydrogen) atoms. The Kier molecular flexibility index (Phi) is 6.83. The third-order valence-corrected chi connectivity index (χ3v) is 7.10. The Bertz CT molecular complexity index is 1270. The third kappa shape index (κ3) is 4.63. The van der Waals surface area contributed by atoms with Crippen LogP contribution in [-0.2, 0) is 22.5 Å². The highest BCUT2D eigenvalue weighted by Gasteiger charge is 2.31. The molecule has 0 saturated carbocycles. The first-order valence-electron chi connectivity index (χ1n) is 12.6. The van der Waals surface area contributed by atoms with E-state index in [1.165, 1.54) is 5.56 Å². The number of ether oxygens (including phenoxy) is 1. The number of carbonyl (C=O) groups is 2. The van der Waals surface area contributed by atoms with Crippen molar-refractivity contribution in [3.8, 4) is 11.4 Å². The largest absolute Gasteiger partial charge is 0.383 e. The van der Waals surface area contributed by atoms with Gasteiger partial charge in [0.2, 0.25) is 5.91 Å². The van der Waals surface area contributed by atoms with Gasteiger partial charge < -0.3 is 9.64 Å². The third-order valence-electron chi connectivity index (χ3n) is 7.10. The molecule has 0 bridgehead atoms. The van der Waals surface area contributed by atoms with Crippen molar-refractivity contribution in [2.75, 3.05) is 25.2 Å². The van der Waals surface area contributed by atoms with Gasteiger partial charge >= 0.3 is 0 Å². The summed E-state index contributed by atoms with van der Waals surface area (Å²) in [5.74, 6) is 1.68. The predicted octanol–water partition coefficient (Wildman–Crippen LogP) is 4.61. The number of hydrogen-bond donors (Lipinski definition) is 0. The van der Waals surface area contributed by atoms with Gasteiger partial charge in [-0.15, -0.1) is 0 Å². The molecule has 0 unspecified atom stereocenters. The van der Waals surface area contributed by atoms with E-state index >= 15 is 0 Å². The monoisotopic (exact) mass is 484 g/mol. The number of likely N-dealkylation sites (tertiary alicyclic amines) is 1. The maximum absolute atomic E-state index is 13.0. The van der Waals surface area contributed by atoms with E-state index in [4.69, 9.17) is 9.72 Å². The Morgan fingerprint density at radius 3 is 2.67 bits per heavy atom. The molecule has 2 aromatic carbocycles. The number of anilines is 1. The summed E-state index contributed by atoms with van der Waals surface area (Å²) in [5, 5.41) is 0. The average molecular weight is 485 g/mol. The lowest BCUT2D eigenvalue weighted by Gasteiger charge is -2.24. The minimum atomic E-state index is 0.00761. The van der Waals surface area contributed by atoms with Crippen molar-refractivity contribution in [3.05, 3.63) is 77.0 Å². The topological polar surface area (TPSA) is 75.6 Å². The van der Waals surface area contributed by atoms with Crippen LogP contribution in [0.1, 0.15) is 59.7 Å². The Morgan fingerprint density at radius 1 is 1.14 bits per heavy atom. The summed E-state index contributed by atoms with van der Waals surface area (Å²) in [7, 11) is 1.67. The number of carbonyl (C=O) groups excluding carboxylic acids is 2. The van der Waals surface area contributed by atoms with E-state index in [9.17, 15) is 9.59 Å². The van der Waals surface area contributed by atoms with Gasteiger partial charge in [-0.1, -0.05) is 50.2 Å². The fourth-order valence-corrected chi connectivity index (χ4v) is 5.20. The van der Waals surface area contributed by atoms with Gasteiger partial charge in [-0.05, 0) is 42.0 Å². The van der Waals surface area contributed by atoms with E-state index in [0.717, 1.165) is 36.1 Å². The molecule has 3 heterocycles. The van der Waals surface area contributed by atoms with Gasteiger partial charge in [0.25, 0.3) is 5.91 Å². The van der Waals surface area contributed by atoms with Crippen LogP contribution in [-0.4, -0.2) is 53.0 Å². The molecule has 0 N–H and O–H groups in total. The van der Waals surface area contributed by atoms with Crippen LogP contribution < -0.4 is 4.90 Å². The molecule has 0 spiro atoms. The summed E-state index contributed by atoms with van der Waals surface area (Å²) >= 11 is 0. The van der Waals surface area contributed by atoms with E-state index < -0.39 is 0 Å². The second-order valence-corrected chi connectivity index (χ2v) is 9.89. The highest BCUT2D eigenvalue weighted by molar-refractivity contribution is 6.00. The minimum Gasteiger partial charge on any atom is -0.383 e. The van der Waals surface area contributed by atoms with Crippen molar-refractivity contribution in [1.82, 2.24) is 14.9 Å². The van der Waals surface area contributed by atoms with Gasteiger partial charge in [0, 0.05) is 36.5 Å². The van der Waals surface area contributed by atoms with E-state index in [0.29, 0.717) is 42.7 Å². The summed E-state index contributed by atoms with van der Waals surface area (Å²) < 4.78 is 5.29. The number of methoxy groups -OCH3 is 1. The standard InChI is InChI=1S/C29H32N4O3/c1-19(2)24-8-4-5-9-25(24)27-30-16-22-15-26(34)33(28(22)31-27)17-20-10-12-21(13-11-20)29(35)32-14-6-7-23(32)18-36-3/h4-5,8-13,16,19,23H,6-7,14-15,17-18H2,1-3H3/t23-/m1/s1. The smallest absolute Gasteiger partial charge is 0.254 e. The molecule has 3 aromatic rings. The number of aromatic nitrogens is 2. The van der Waals surface area contributed by atoms with Gasteiger partial charge in [0.05, 0.1) is 25.6 Å². The zero-order chi connectivity index (χ0) is 25.2. The Balaban J connectivity index is 1.36. The van der Waals surface area contributed by atoms with E-state index in [2.05, 4.69) is 24.9 Å². The first-order chi connectivity index (χ1) is 17.5. The maximum atomic E-state index is 13.0. The van der Waals surface area contributed by atoms with Crippen LogP contribution in [0.15, 0.2) is 54.7 Å². The van der Waals surface area contributed by atoms with Crippen molar-refractivity contribution >= 4 is 17.6 Å². The van der Waals surface area contributed by atoms with Gasteiger partial charge in [-0.25, -0.2) is 9.97 Å². The molecule has 1 fully saturated rings. The van der Waals surface area contributed by atoms with E-state index in [1.54, 1.807) is 18.2 Å². The molecule has 1 aromatic heterocycles. The molecule has 7 heteroatoms. The van der Waals surface area contributed by atoms with Crippen LogP contribution in [0.5, 0.6) is 0 Å². The molecular weight excluding hydrogens is 452 g/mol. The number of rotatable bonds is 7. The lowest BCUT2D eigenvalue weighted by Crippen LogP contribution is -2.38. The summed E-state index contributed by atoms with van der Waals surface area (Å²) in [6.45, 7) is 6.02. The highest BCUT2D eigenvalue weighted by atomic mass is 16.5. The molecule has 1 atom stereocenters. The second kappa shape index (κ2) is 10.2. The van der Waals surface area contributed by atoms with Gasteiger partial charge in [0.1, 0.15) is 5.82 Å². The molecule has 0 radical (unpaired) electrons. The number of benzene rings is 2. The maximum Gasteiger partial charge on any atom is 0.254 e. The molecule has 2 amide bonds. The zero-order valence-corrected chi connectivity index (χ0v) is 21.1. The van der Waals surface area contributed by atoms with Crippen molar-refractivity contribution in [2.45, 2.75) is 51.6 Å². The molecule has 5 rings (SSSR count). The van der Waals surface area contributed by atoms with Crippen molar-refractivity contribution < 1.29 is 14.3 Å². The molecule has 1 saturated heterocycles. The second-order valence-electron chi connectivity index (χ2n) is 9.89. The van der Waals surface area contributed by atoms with Crippen molar-refractivity contribution in [1.29, 1.82) is 0 Å². The number of nitrogens with zero attached hydrogens (tertiary/aromatic N) is 4. The first-order valence-corrected chi connectivity index (χ1v) is 12.6. The zero-order valence-electron chi connectivity index (χ0n) is 21.1. The minimum absolute atomic E-state index is 0.00761. The summed E-state index contributed by atoms with van der Waals surface area (Å²) in [4.78, 5) is 39.0. The van der Waals surface area contributed by atoms with E-state index in [1.807, 2.05) is 47.4 Å². The van der Waals surface area contributed by atoms with Gasteiger partial charge in [-0.2, -0.15) is 0 Å². The molecule has 0 aliphatic carbocycles. The summed E-state index contributed by atoms with van der Waals surface area (Å²) in [6.07, 6.45) is 4.05. The molecule has 186 valence electrons. The van der Waals surface area contributed by atoms with Crippen LogP contribution in [0.25, 0.3) is 11.4 Å². The van der Waals surface area contributed by atoms with E-state index in [-0.39, 0.29) is 17.9 Å². The molecular formula is C29H32N4O3. The number of fused-ring (bicyclic) bond motifs is 1. The first kappa shape index (κ1) is 24.1. The average Bonchev–Trinajstić information content (AvgIpc) is 3.48. The van der Waals surface area contributed by atoms with Crippen LogP contribution in [0.3, 0.4) is 0 Å². The Labute approximate surface area is 212 Å². The predicted molar refractivity (Wildman–Crippen MR) is 139 cm³/mol.